The maximum Gasteiger partial charge on any atom is 0.417 e. The van der Waals surface area contributed by atoms with Crippen LogP contribution >= 0.6 is 0 Å². The fraction of sp³-hybridized carbons (Fsp3) is 0.438. The molecule has 1 spiro atoms. The Hall–Kier alpha value is -2.42. The van der Waals surface area contributed by atoms with Gasteiger partial charge in [-0.15, -0.1) is 0 Å². The molecule has 1 N–H and O–H groups in total. The van der Waals surface area contributed by atoms with E-state index in [4.69, 9.17) is 4.52 Å². The number of aryl methyl sites for hydroxylation is 1. The summed E-state index contributed by atoms with van der Waals surface area (Å²) in [5.41, 5.74) is -1.88. The minimum absolute atomic E-state index is 0.00318. The molecule has 1 amide bonds. The number of rotatable bonds is 2. The Morgan fingerprint density at radius 3 is 2.60 bits per heavy atom. The lowest BCUT2D eigenvalue weighted by atomic mass is 10.0. The van der Waals surface area contributed by atoms with Crippen molar-refractivity contribution in [3.63, 3.8) is 0 Å². The molecule has 1 aliphatic carbocycles. The van der Waals surface area contributed by atoms with Crippen LogP contribution in [0, 0.1) is 12.3 Å². The number of β-amino-alcohol motifs (C(OH)–C–C–N with tert-alkyl or cyclic N) is 1. The molecule has 25 heavy (non-hydrogen) atoms. The van der Waals surface area contributed by atoms with E-state index < -0.39 is 23.3 Å². The summed E-state index contributed by atoms with van der Waals surface area (Å²) in [6, 6.07) is 3.52. The van der Waals surface area contributed by atoms with Gasteiger partial charge in [-0.05, 0) is 31.0 Å². The van der Waals surface area contributed by atoms with Crippen molar-refractivity contribution >= 4 is 11.6 Å². The number of carbonyl (C=O) groups excluding carboxylic acids is 1. The zero-order valence-corrected chi connectivity index (χ0v) is 13.2. The molecular weight excluding hydrogens is 339 g/mol. The van der Waals surface area contributed by atoms with Crippen molar-refractivity contribution in [3.05, 3.63) is 29.7 Å². The van der Waals surface area contributed by atoms with E-state index in [-0.39, 0.29) is 35.4 Å². The largest absolute Gasteiger partial charge is 0.417 e. The summed E-state index contributed by atoms with van der Waals surface area (Å²) in [6.07, 6.45) is -4.38. The number of aromatic nitrogens is 2. The molecule has 1 aromatic carbocycles. The van der Waals surface area contributed by atoms with Crippen molar-refractivity contribution in [2.75, 3.05) is 11.4 Å². The summed E-state index contributed by atoms with van der Waals surface area (Å²) in [4.78, 5) is 17.5. The minimum Gasteiger partial charge on any atom is -0.390 e. The third kappa shape index (κ3) is 2.41. The monoisotopic (exact) mass is 353 g/mol. The fourth-order valence-electron chi connectivity index (χ4n) is 3.28. The minimum atomic E-state index is -4.65. The number of hydrogen-bond donors (Lipinski definition) is 1. The number of aliphatic hydroxyl groups is 1. The van der Waals surface area contributed by atoms with Gasteiger partial charge in [-0.3, -0.25) is 4.79 Å². The lowest BCUT2D eigenvalue weighted by Gasteiger charge is -2.19. The van der Waals surface area contributed by atoms with Crippen molar-refractivity contribution in [2.24, 2.45) is 5.41 Å². The van der Waals surface area contributed by atoms with Gasteiger partial charge in [-0.1, -0.05) is 5.16 Å². The van der Waals surface area contributed by atoms with Crippen molar-refractivity contribution < 1.29 is 27.6 Å². The highest BCUT2D eigenvalue weighted by Gasteiger charge is 2.62. The van der Waals surface area contributed by atoms with Crippen LogP contribution in [0.1, 0.15) is 24.3 Å². The number of hydrogen-bond acceptors (Lipinski definition) is 5. The summed E-state index contributed by atoms with van der Waals surface area (Å²) in [7, 11) is 0. The second-order valence-corrected chi connectivity index (χ2v) is 6.45. The predicted octanol–water partition coefficient (Wildman–Crippen LogP) is 2.55. The fourth-order valence-corrected chi connectivity index (χ4v) is 3.28. The van der Waals surface area contributed by atoms with Crippen LogP contribution in [0.2, 0.25) is 0 Å². The Balaban J connectivity index is 1.78. The van der Waals surface area contributed by atoms with Crippen LogP contribution in [0.25, 0.3) is 11.4 Å². The van der Waals surface area contributed by atoms with Crippen LogP contribution in [-0.4, -0.2) is 33.8 Å². The average Bonchev–Trinajstić information content (AvgIpc) is 3.20. The quantitative estimate of drug-likeness (QED) is 0.898. The molecule has 2 aliphatic rings. The molecule has 1 atom stereocenters. The third-order valence-electron chi connectivity index (χ3n) is 4.84. The molecule has 1 unspecified atom stereocenters. The molecule has 1 aliphatic heterocycles. The number of carbonyl (C=O) groups is 1. The number of nitrogens with zero attached hydrogens (tertiary/aromatic N) is 3. The highest BCUT2D eigenvalue weighted by Crippen LogP contribution is 2.54. The Morgan fingerprint density at radius 2 is 2.08 bits per heavy atom. The Bertz CT molecular complexity index is 858. The number of amides is 1. The second-order valence-electron chi connectivity index (χ2n) is 6.45. The van der Waals surface area contributed by atoms with Crippen molar-refractivity contribution in [2.45, 2.75) is 32.0 Å². The summed E-state index contributed by atoms with van der Waals surface area (Å²) in [6.45, 7) is 1.48. The van der Waals surface area contributed by atoms with E-state index in [9.17, 15) is 23.1 Å². The van der Waals surface area contributed by atoms with Crippen molar-refractivity contribution in [3.8, 4) is 11.4 Å². The Labute approximate surface area is 140 Å². The van der Waals surface area contributed by atoms with Gasteiger partial charge in [0.05, 0.1) is 23.6 Å². The lowest BCUT2D eigenvalue weighted by Crippen LogP contribution is -2.28. The SMILES string of the molecule is Cc1nc(-c2ccc(N3CC(O)C4(CC4)C3=O)cc2C(F)(F)F)no1. The lowest BCUT2D eigenvalue weighted by molar-refractivity contribution is -0.137. The van der Waals surface area contributed by atoms with Crippen LogP contribution in [0.15, 0.2) is 22.7 Å². The van der Waals surface area contributed by atoms with Crippen LogP contribution in [0.5, 0.6) is 0 Å². The molecular formula is C16H14F3N3O3. The van der Waals surface area contributed by atoms with E-state index in [2.05, 4.69) is 10.1 Å². The van der Waals surface area contributed by atoms with Gasteiger partial charge in [0.25, 0.3) is 0 Å². The van der Waals surface area contributed by atoms with Crippen LogP contribution in [0.3, 0.4) is 0 Å². The summed E-state index contributed by atoms with van der Waals surface area (Å²) < 4.78 is 45.3. The van der Waals surface area contributed by atoms with E-state index in [0.717, 1.165) is 6.07 Å². The average molecular weight is 353 g/mol. The van der Waals surface area contributed by atoms with Gasteiger partial charge in [0.2, 0.25) is 17.6 Å². The molecule has 1 saturated carbocycles. The molecule has 1 saturated heterocycles. The number of anilines is 1. The molecule has 2 heterocycles. The molecule has 2 aromatic rings. The van der Waals surface area contributed by atoms with Crippen molar-refractivity contribution in [1.82, 2.24) is 10.1 Å². The summed E-state index contributed by atoms with van der Waals surface area (Å²) >= 11 is 0. The van der Waals surface area contributed by atoms with E-state index in [0.29, 0.717) is 12.8 Å². The topological polar surface area (TPSA) is 79.5 Å². The molecule has 6 nitrogen and oxygen atoms in total. The van der Waals surface area contributed by atoms with Crippen LogP contribution < -0.4 is 4.90 Å². The summed E-state index contributed by atoms with van der Waals surface area (Å²) in [5, 5.41) is 13.6. The Morgan fingerprint density at radius 1 is 1.36 bits per heavy atom. The first-order valence-electron chi connectivity index (χ1n) is 7.74. The van der Waals surface area contributed by atoms with Crippen molar-refractivity contribution in [1.29, 1.82) is 0 Å². The van der Waals surface area contributed by atoms with Crippen LogP contribution in [0.4, 0.5) is 18.9 Å². The number of halogens is 3. The van der Waals surface area contributed by atoms with Gasteiger partial charge in [0.15, 0.2) is 0 Å². The molecule has 1 aromatic heterocycles. The Kier molecular flexibility index (Phi) is 3.24. The number of benzene rings is 1. The second kappa shape index (κ2) is 5.04. The van der Waals surface area contributed by atoms with Gasteiger partial charge >= 0.3 is 6.18 Å². The first-order chi connectivity index (χ1) is 11.7. The first kappa shape index (κ1) is 16.1. The van der Waals surface area contributed by atoms with Gasteiger partial charge in [-0.2, -0.15) is 18.2 Å². The molecule has 0 radical (unpaired) electrons. The zero-order valence-electron chi connectivity index (χ0n) is 13.2. The van der Waals surface area contributed by atoms with E-state index in [1.165, 1.54) is 24.0 Å². The smallest absolute Gasteiger partial charge is 0.390 e. The summed E-state index contributed by atoms with van der Waals surface area (Å²) in [5.74, 6) is -0.333. The zero-order chi connectivity index (χ0) is 18.0. The van der Waals surface area contributed by atoms with Gasteiger partial charge in [-0.25, -0.2) is 0 Å². The molecule has 0 bridgehead atoms. The standard InChI is InChI=1S/C16H14F3N3O3/c1-8-20-13(21-25-8)10-3-2-9(6-11(10)16(17,18)19)22-7-12(23)15(4-5-15)14(22)24/h2-3,6,12,23H,4-5,7H2,1H3. The van der Waals surface area contributed by atoms with Crippen LogP contribution in [-0.2, 0) is 11.0 Å². The number of aliphatic hydroxyl groups excluding tert-OH is 1. The van der Waals surface area contributed by atoms with Gasteiger partial charge in [0, 0.05) is 18.2 Å². The normalized spacial score (nSPS) is 22.0. The van der Waals surface area contributed by atoms with Gasteiger partial charge in [0.1, 0.15) is 0 Å². The van der Waals surface area contributed by atoms with Gasteiger partial charge < -0.3 is 14.5 Å². The number of alkyl halides is 3. The molecule has 4 rings (SSSR count). The maximum atomic E-state index is 13.5. The maximum absolute atomic E-state index is 13.5. The third-order valence-corrected chi connectivity index (χ3v) is 4.84. The van der Waals surface area contributed by atoms with E-state index in [1.54, 1.807) is 0 Å². The molecule has 2 fully saturated rings. The molecule has 9 heteroatoms. The van der Waals surface area contributed by atoms with E-state index >= 15 is 0 Å². The predicted molar refractivity (Wildman–Crippen MR) is 79.5 cm³/mol. The highest BCUT2D eigenvalue weighted by molar-refractivity contribution is 6.02. The first-order valence-corrected chi connectivity index (χ1v) is 7.74. The molecule has 132 valence electrons. The van der Waals surface area contributed by atoms with E-state index in [1.807, 2.05) is 0 Å². The highest BCUT2D eigenvalue weighted by atomic mass is 19.4.